The van der Waals surface area contributed by atoms with Crippen LogP contribution in [0.5, 0.6) is 0 Å². The van der Waals surface area contributed by atoms with Gasteiger partial charge >= 0.3 is 5.97 Å². The molecule has 0 aromatic heterocycles. The van der Waals surface area contributed by atoms with Crippen molar-refractivity contribution in [1.29, 1.82) is 0 Å². The van der Waals surface area contributed by atoms with Gasteiger partial charge in [-0.1, -0.05) is 6.92 Å². The van der Waals surface area contributed by atoms with E-state index in [2.05, 4.69) is 10.1 Å². The summed E-state index contributed by atoms with van der Waals surface area (Å²) in [6, 6.07) is 0. The van der Waals surface area contributed by atoms with Gasteiger partial charge in [0.15, 0.2) is 6.10 Å². The molecule has 0 bridgehead atoms. The fraction of sp³-hybridized carbons (Fsp3) is 0.875. The molecule has 0 aliphatic heterocycles. The first-order valence-corrected chi connectivity index (χ1v) is 4.12. The maximum atomic E-state index is 10.8. The van der Waals surface area contributed by atoms with Crippen molar-refractivity contribution in [2.24, 2.45) is 0 Å². The molecule has 0 amide bonds. The molecule has 4 heteroatoms. The smallest absolute Gasteiger partial charge is 0.334 e. The highest BCUT2D eigenvalue weighted by atomic mass is 16.6. The minimum Gasteiger partial charge on any atom is -0.467 e. The lowest BCUT2D eigenvalue weighted by molar-refractivity contribution is -0.152. The molecule has 12 heavy (non-hydrogen) atoms. The largest absolute Gasteiger partial charge is 0.467 e. The molecule has 1 unspecified atom stereocenters. The van der Waals surface area contributed by atoms with Gasteiger partial charge in [-0.2, -0.15) is 0 Å². The van der Waals surface area contributed by atoms with E-state index in [1.807, 2.05) is 6.92 Å². The van der Waals surface area contributed by atoms with Gasteiger partial charge in [0, 0.05) is 6.54 Å². The van der Waals surface area contributed by atoms with Gasteiger partial charge in [0.25, 0.3) is 0 Å². The van der Waals surface area contributed by atoms with Crippen LogP contribution in [0.4, 0.5) is 0 Å². The van der Waals surface area contributed by atoms with E-state index in [0.29, 0.717) is 6.61 Å². The highest BCUT2D eigenvalue weighted by molar-refractivity contribution is 5.73. The molecule has 0 aromatic rings. The van der Waals surface area contributed by atoms with Crippen molar-refractivity contribution >= 4 is 5.97 Å². The zero-order valence-electron chi connectivity index (χ0n) is 7.92. The van der Waals surface area contributed by atoms with Gasteiger partial charge < -0.3 is 14.8 Å². The average Bonchev–Trinajstić information content (AvgIpc) is 2.10. The predicted octanol–water partition coefficient (Wildman–Crippen LogP) is 0.174. The number of likely N-dealkylation sites (N-methyl/N-ethyl adjacent to an activating group) is 1. The minimum atomic E-state index is -0.464. The molecule has 0 aliphatic rings. The molecule has 0 aromatic carbocycles. The van der Waals surface area contributed by atoms with Crippen molar-refractivity contribution in [3.05, 3.63) is 0 Å². The Balaban J connectivity index is 3.31. The first-order chi connectivity index (χ1) is 5.72. The Bertz CT molecular complexity index is 127. The number of nitrogens with one attached hydrogen (secondary N) is 1. The summed E-state index contributed by atoms with van der Waals surface area (Å²) in [6.45, 7) is 5.90. The van der Waals surface area contributed by atoms with E-state index in [4.69, 9.17) is 4.74 Å². The molecule has 1 atom stereocenters. The summed E-state index contributed by atoms with van der Waals surface area (Å²) in [4.78, 5) is 10.8. The minimum absolute atomic E-state index is 0.327. The van der Waals surface area contributed by atoms with Crippen LogP contribution in [0.25, 0.3) is 0 Å². The molecule has 0 fully saturated rings. The summed E-state index contributed by atoms with van der Waals surface area (Å²) >= 11 is 0. The first kappa shape index (κ1) is 11.4. The zero-order chi connectivity index (χ0) is 9.40. The predicted molar refractivity (Wildman–Crippen MR) is 46.0 cm³/mol. The highest BCUT2D eigenvalue weighted by Gasteiger charge is 2.11. The number of ether oxygens (including phenoxy) is 2. The Morgan fingerprint density at radius 3 is 2.75 bits per heavy atom. The molecule has 0 heterocycles. The van der Waals surface area contributed by atoms with Gasteiger partial charge in [-0.25, -0.2) is 4.79 Å². The lowest BCUT2D eigenvalue weighted by Gasteiger charge is -2.10. The standard InChI is InChI=1S/C8H17NO3/c1-4-9-5-6-12-7(2)8(10)11-3/h7,9H,4-6H2,1-3H3. The van der Waals surface area contributed by atoms with E-state index in [9.17, 15) is 4.79 Å². The Hall–Kier alpha value is -0.610. The maximum absolute atomic E-state index is 10.8. The van der Waals surface area contributed by atoms with E-state index < -0.39 is 6.10 Å². The second kappa shape index (κ2) is 7.06. The molecule has 0 radical (unpaired) electrons. The molecule has 0 rings (SSSR count). The monoisotopic (exact) mass is 175 g/mol. The van der Waals surface area contributed by atoms with Gasteiger partial charge in [-0.3, -0.25) is 0 Å². The van der Waals surface area contributed by atoms with E-state index in [-0.39, 0.29) is 5.97 Å². The number of rotatable bonds is 6. The van der Waals surface area contributed by atoms with Crippen LogP contribution in [-0.2, 0) is 14.3 Å². The van der Waals surface area contributed by atoms with Gasteiger partial charge in [-0.05, 0) is 13.5 Å². The van der Waals surface area contributed by atoms with Crippen LogP contribution in [0, 0.1) is 0 Å². The third-order valence-corrected chi connectivity index (χ3v) is 1.43. The van der Waals surface area contributed by atoms with Crippen LogP contribution >= 0.6 is 0 Å². The summed E-state index contributed by atoms with van der Waals surface area (Å²) in [7, 11) is 1.35. The van der Waals surface area contributed by atoms with Crippen molar-refractivity contribution < 1.29 is 14.3 Å². The number of esters is 1. The van der Waals surface area contributed by atoms with E-state index in [1.165, 1.54) is 7.11 Å². The average molecular weight is 175 g/mol. The van der Waals surface area contributed by atoms with Gasteiger partial charge in [0.05, 0.1) is 13.7 Å². The molecular formula is C8H17NO3. The van der Waals surface area contributed by atoms with Crippen LogP contribution < -0.4 is 5.32 Å². The van der Waals surface area contributed by atoms with Gasteiger partial charge in [-0.15, -0.1) is 0 Å². The molecular weight excluding hydrogens is 158 g/mol. The Labute approximate surface area is 73.2 Å². The Kier molecular flexibility index (Phi) is 6.70. The molecule has 4 nitrogen and oxygen atoms in total. The molecule has 0 aliphatic carbocycles. The Morgan fingerprint density at radius 2 is 2.25 bits per heavy atom. The molecule has 0 spiro atoms. The number of carbonyl (C=O) groups is 1. The SMILES string of the molecule is CCNCCOC(C)C(=O)OC. The Morgan fingerprint density at radius 1 is 1.58 bits per heavy atom. The summed E-state index contributed by atoms with van der Waals surface area (Å²) in [5, 5.41) is 3.08. The van der Waals surface area contributed by atoms with Gasteiger partial charge in [0.2, 0.25) is 0 Å². The normalized spacial score (nSPS) is 12.6. The summed E-state index contributed by atoms with van der Waals surface area (Å²) in [6.07, 6.45) is -0.464. The number of hydrogen-bond donors (Lipinski definition) is 1. The van der Waals surface area contributed by atoms with Crippen LogP contribution in [-0.4, -0.2) is 38.9 Å². The number of methoxy groups -OCH3 is 1. The van der Waals surface area contributed by atoms with Crippen LogP contribution in [0.1, 0.15) is 13.8 Å². The van der Waals surface area contributed by atoms with Crippen molar-refractivity contribution in [2.45, 2.75) is 20.0 Å². The topological polar surface area (TPSA) is 47.6 Å². The molecule has 0 saturated heterocycles. The van der Waals surface area contributed by atoms with Crippen molar-refractivity contribution in [2.75, 3.05) is 26.8 Å². The number of carbonyl (C=O) groups excluding carboxylic acids is 1. The second-order valence-corrected chi connectivity index (χ2v) is 2.39. The second-order valence-electron chi connectivity index (χ2n) is 2.39. The van der Waals surface area contributed by atoms with Crippen LogP contribution in [0.3, 0.4) is 0 Å². The fourth-order valence-electron chi connectivity index (χ4n) is 0.719. The summed E-state index contributed by atoms with van der Waals surface area (Å²) < 4.78 is 9.64. The highest BCUT2D eigenvalue weighted by Crippen LogP contribution is 1.91. The number of hydrogen-bond acceptors (Lipinski definition) is 4. The van der Waals surface area contributed by atoms with Crippen molar-refractivity contribution in [1.82, 2.24) is 5.32 Å². The fourth-order valence-corrected chi connectivity index (χ4v) is 0.719. The quantitative estimate of drug-likeness (QED) is 0.462. The third kappa shape index (κ3) is 5.09. The summed E-state index contributed by atoms with van der Waals surface area (Å²) in [5.74, 6) is -0.327. The van der Waals surface area contributed by atoms with Crippen molar-refractivity contribution in [3.8, 4) is 0 Å². The maximum Gasteiger partial charge on any atom is 0.334 e. The molecule has 0 saturated carbocycles. The van der Waals surface area contributed by atoms with Crippen LogP contribution in [0.15, 0.2) is 0 Å². The first-order valence-electron chi connectivity index (χ1n) is 4.12. The molecule has 1 N–H and O–H groups in total. The van der Waals surface area contributed by atoms with Crippen molar-refractivity contribution in [3.63, 3.8) is 0 Å². The molecule has 72 valence electrons. The third-order valence-electron chi connectivity index (χ3n) is 1.43. The zero-order valence-corrected chi connectivity index (χ0v) is 7.92. The van der Waals surface area contributed by atoms with Gasteiger partial charge in [0.1, 0.15) is 0 Å². The van der Waals surface area contributed by atoms with E-state index in [0.717, 1.165) is 13.1 Å². The summed E-state index contributed by atoms with van der Waals surface area (Å²) in [5.41, 5.74) is 0. The van der Waals surface area contributed by atoms with Crippen LogP contribution in [0.2, 0.25) is 0 Å². The van der Waals surface area contributed by atoms with E-state index >= 15 is 0 Å². The van der Waals surface area contributed by atoms with E-state index in [1.54, 1.807) is 6.92 Å². The lowest BCUT2D eigenvalue weighted by Crippen LogP contribution is -2.27. The lowest BCUT2D eigenvalue weighted by atomic mass is 10.4.